The number of aromatic amines is 1. The third-order valence-electron chi connectivity index (χ3n) is 5.22. The number of imidazole rings is 1. The maximum absolute atomic E-state index is 12.8. The number of alkyl carbamates (subject to hydrolysis) is 1. The molecule has 0 spiro atoms. The summed E-state index contributed by atoms with van der Waals surface area (Å²) in [6.07, 6.45) is 3.57. The Hall–Kier alpha value is -4.97. The van der Waals surface area contributed by atoms with E-state index in [4.69, 9.17) is 20.8 Å². The number of benzene rings is 2. The van der Waals surface area contributed by atoms with Crippen LogP contribution in [0.25, 0.3) is 11.3 Å². The molecule has 0 unspecified atom stereocenters. The number of rotatable bonds is 10. The maximum Gasteiger partial charge on any atom is 0.408 e. The number of nitrogens with zero attached hydrogens (tertiary/aromatic N) is 3. The molecular weight excluding hydrogens is 516 g/mol. The van der Waals surface area contributed by atoms with Crippen LogP contribution in [0.15, 0.2) is 82.7 Å². The van der Waals surface area contributed by atoms with Gasteiger partial charge in [0.25, 0.3) is 11.6 Å². The van der Waals surface area contributed by atoms with Gasteiger partial charge in [-0.05, 0) is 23.8 Å². The van der Waals surface area contributed by atoms with E-state index >= 15 is 0 Å². The van der Waals surface area contributed by atoms with Gasteiger partial charge in [0.15, 0.2) is 0 Å². The predicted molar refractivity (Wildman–Crippen MR) is 137 cm³/mol. The SMILES string of the molecule is O=C(N[C@@H](Cc1cnc[nH]1)C(=O)N/N=C\c1ccc(-c2cc([N+](=O)[O-])ccc2Cl)o1)OCc1ccccc1. The molecule has 0 aliphatic carbocycles. The molecule has 2 heterocycles. The number of nitro benzene ring substituents is 1. The summed E-state index contributed by atoms with van der Waals surface area (Å²) in [7, 11) is 0. The lowest BCUT2D eigenvalue weighted by molar-refractivity contribution is -0.384. The number of amides is 2. The Kier molecular flexibility index (Phi) is 8.46. The average Bonchev–Trinajstić information content (AvgIpc) is 3.60. The van der Waals surface area contributed by atoms with E-state index in [2.05, 4.69) is 25.8 Å². The molecule has 0 radical (unpaired) electrons. The summed E-state index contributed by atoms with van der Waals surface area (Å²) < 4.78 is 10.9. The minimum Gasteiger partial charge on any atom is -0.455 e. The first kappa shape index (κ1) is 26.1. The Morgan fingerprint density at radius 1 is 1.21 bits per heavy atom. The van der Waals surface area contributed by atoms with E-state index in [0.717, 1.165) is 5.56 Å². The van der Waals surface area contributed by atoms with Crippen molar-refractivity contribution in [2.45, 2.75) is 19.1 Å². The molecule has 0 bridgehead atoms. The summed E-state index contributed by atoms with van der Waals surface area (Å²) in [6, 6.07) is 15.2. The van der Waals surface area contributed by atoms with Gasteiger partial charge in [-0.1, -0.05) is 41.9 Å². The molecule has 2 amide bonds. The summed E-state index contributed by atoms with van der Waals surface area (Å²) >= 11 is 6.16. The van der Waals surface area contributed by atoms with Gasteiger partial charge < -0.3 is 19.5 Å². The molecule has 12 nitrogen and oxygen atoms in total. The van der Waals surface area contributed by atoms with Crippen LogP contribution in [0, 0.1) is 10.1 Å². The molecule has 2 aromatic heterocycles. The van der Waals surface area contributed by atoms with Gasteiger partial charge in [0, 0.05) is 36.0 Å². The van der Waals surface area contributed by atoms with E-state index in [0.29, 0.717) is 11.3 Å². The molecule has 0 aliphatic heterocycles. The highest BCUT2D eigenvalue weighted by Crippen LogP contribution is 2.32. The summed E-state index contributed by atoms with van der Waals surface area (Å²) in [4.78, 5) is 42.5. The number of hydrazone groups is 1. The second-order valence-electron chi connectivity index (χ2n) is 7.90. The second kappa shape index (κ2) is 12.3. The number of nitrogens with one attached hydrogen (secondary N) is 3. The number of hydrogen-bond acceptors (Lipinski definition) is 8. The Morgan fingerprint density at radius 3 is 2.76 bits per heavy atom. The fourth-order valence-electron chi connectivity index (χ4n) is 3.35. The zero-order valence-electron chi connectivity index (χ0n) is 19.7. The molecule has 13 heteroatoms. The van der Waals surface area contributed by atoms with Crippen LogP contribution in [-0.2, 0) is 22.6 Å². The van der Waals surface area contributed by atoms with Crippen LogP contribution < -0.4 is 10.7 Å². The van der Waals surface area contributed by atoms with Crippen molar-refractivity contribution in [3.05, 3.63) is 105 Å². The molecule has 38 heavy (non-hydrogen) atoms. The average molecular weight is 537 g/mol. The van der Waals surface area contributed by atoms with Crippen LogP contribution in [0.3, 0.4) is 0 Å². The number of furan rings is 1. The third kappa shape index (κ3) is 7.04. The van der Waals surface area contributed by atoms with Gasteiger partial charge in [-0.3, -0.25) is 14.9 Å². The molecule has 194 valence electrons. The van der Waals surface area contributed by atoms with E-state index in [9.17, 15) is 19.7 Å². The molecule has 0 saturated carbocycles. The van der Waals surface area contributed by atoms with Gasteiger partial charge in [-0.2, -0.15) is 5.10 Å². The van der Waals surface area contributed by atoms with E-state index in [1.54, 1.807) is 12.1 Å². The van der Waals surface area contributed by atoms with E-state index in [-0.39, 0.29) is 35.3 Å². The predicted octanol–water partition coefficient (Wildman–Crippen LogP) is 4.22. The second-order valence-corrected chi connectivity index (χ2v) is 8.30. The largest absolute Gasteiger partial charge is 0.455 e. The number of carbonyl (C=O) groups excluding carboxylic acids is 2. The topological polar surface area (TPSA) is 165 Å². The van der Waals surface area contributed by atoms with Crippen LogP contribution in [0.2, 0.25) is 5.02 Å². The van der Waals surface area contributed by atoms with Crippen molar-refractivity contribution in [3.8, 4) is 11.3 Å². The van der Waals surface area contributed by atoms with Crippen LogP contribution in [0.1, 0.15) is 17.0 Å². The first-order valence-electron chi connectivity index (χ1n) is 11.2. The molecule has 2 aromatic carbocycles. The number of nitro groups is 1. The van der Waals surface area contributed by atoms with Gasteiger partial charge in [0.05, 0.1) is 22.5 Å². The van der Waals surface area contributed by atoms with Crippen molar-refractivity contribution in [2.24, 2.45) is 5.10 Å². The molecule has 0 saturated heterocycles. The zero-order valence-corrected chi connectivity index (χ0v) is 20.4. The number of hydrogen-bond donors (Lipinski definition) is 3. The minimum absolute atomic E-state index is 0.0403. The highest BCUT2D eigenvalue weighted by atomic mass is 35.5. The number of halogens is 1. The fraction of sp³-hybridized carbons (Fsp3) is 0.120. The summed E-state index contributed by atoms with van der Waals surface area (Å²) in [5, 5.41) is 17.8. The van der Waals surface area contributed by atoms with Crippen molar-refractivity contribution < 1.29 is 23.7 Å². The number of ether oxygens (including phenoxy) is 1. The molecule has 0 fully saturated rings. The van der Waals surface area contributed by atoms with Gasteiger partial charge in [-0.25, -0.2) is 15.2 Å². The van der Waals surface area contributed by atoms with Crippen LogP contribution in [-0.4, -0.2) is 39.1 Å². The normalized spacial score (nSPS) is 11.7. The Labute approximate surface area is 220 Å². The standard InChI is InChI=1S/C25H21ClN6O6/c26-21-8-6-18(32(35)36)11-20(21)23-9-7-19(38-23)13-29-31-24(33)22(10-17-12-27-15-28-17)30-25(34)37-14-16-4-2-1-3-5-16/h1-9,11-13,15,22H,10,14H2,(H,27,28)(H,30,34)(H,31,33)/b29-13-/t22-/m0/s1. The highest BCUT2D eigenvalue weighted by molar-refractivity contribution is 6.33. The van der Waals surface area contributed by atoms with Crippen LogP contribution in [0.5, 0.6) is 0 Å². The van der Waals surface area contributed by atoms with Gasteiger partial charge in [0.2, 0.25) is 0 Å². The van der Waals surface area contributed by atoms with E-state index in [1.165, 1.54) is 36.9 Å². The molecular formula is C25H21ClN6O6. The van der Waals surface area contributed by atoms with Crippen molar-refractivity contribution in [1.29, 1.82) is 0 Å². The monoisotopic (exact) mass is 536 g/mol. The lowest BCUT2D eigenvalue weighted by Gasteiger charge is -2.16. The number of H-pyrrole nitrogens is 1. The van der Waals surface area contributed by atoms with Gasteiger partial charge in [-0.15, -0.1) is 0 Å². The van der Waals surface area contributed by atoms with Crippen LogP contribution >= 0.6 is 11.6 Å². The molecule has 4 aromatic rings. The quantitative estimate of drug-likeness (QED) is 0.155. The lowest BCUT2D eigenvalue weighted by atomic mass is 10.1. The molecule has 4 rings (SSSR count). The first-order chi connectivity index (χ1) is 18.4. The van der Waals surface area contributed by atoms with Gasteiger partial charge >= 0.3 is 6.09 Å². The van der Waals surface area contributed by atoms with Crippen molar-refractivity contribution >= 4 is 35.5 Å². The van der Waals surface area contributed by atoms with Crippen molar-refractivity contribution in [2.75, 3.05) is 0 Å². The van der Waals surface area contributed by atoms with Crippen LogP contribution in [0.4, 0.5) is 10.5 Å². The highest BCUT2D eigenvalue weighted by Gasteiger charge is 2.22. The Morgan fingerprint density at radius 2 is 2.03 bits per heavy atom. The zero-order chi connectivity index (χ0) is 26.9. The van der Waals surface area contributed by atoms with Crippen molar-refractivity contribution in [3.63, 3.8) is 0 Å². The minimum atomic E-state index is -1.02. The number of carbonyl (C=O) groups is 2. The maximum atomic E-state index is 12.8. The smallest absolute Gasteiger partial charge is 0.408 e. The summed E-state index contributed by atoms with van der Waals surface area (Å²) in [5.74, 6) is -0.0735. The number of non-ortho nitro benzene ring substituents is 1. The first-order valence-corrected chi connectivity index (χ1v) is 11.6. The third-order valence-corrected chi connectivity index (χ3v) is 5.55. The Bertz CT molecular complexity index is 1440. The Balaban J connectivity index is 1.39. The molecule has 1 atom stereocenters. The molecule has 0 aliphatic rings. The summed E-state index contributed by atoms with van der Waals surface area (Å²) in [6.45, 7) is 0.0403. The fourth-order valence-corrected chi connectivity index (χ4v) is 3.56. The van der Waals surface area contributed by atoms with Crippen molar-refractivity contribution in [1.82, 2.24) is 20.7 Å². The summed E-state index contributed by atoms with van der Waals surface area (Å²) in [5.41, 5.74) is 3.97. The number of aromatic nitrogens is 2. The molecule has 3 N–H and O–H groups in total. The lowest BCUT2D eigenvalue weighted by Crippen LogP contribution is -2.47. The van der Waals surface area contributed by atoms with Gasteiger partial charge in [0.1, 0.15) is 24.2 Å². The van der Waals surface area contributed by atoms with E-state index in [1.807, 2.05) is 30.3 Å². The van der Waals surface area contributed by atoms with E-state index < -0.39 is 23.0 Å².